The number of hydrogen-bond donors (Lipinski definition) is 0. The first-order valence-electron chi connectivity index (χ1n) is 6.19. The highest BCUT2D eigenvalue weighted by Gasteiger charge is 2.16. The normalized spacial score (nSPS) is 11.2. The number of carbonyl (C=O) groups excluding carboxylic acids is 1. The predicted octanol–water partition coefficient (Wildman–Crippen LogP) is 3.81. The van der Waals surface area contributed by atoms with E-state index in [-0.39, 0.29) is 5.78 Å². The van der Waals surface area contributed by atoms with Crippen LogP contribution in [-0.4, -0.2) is 30.6 Å². The predicted molar refractivity (Wildman–Crippen MR) is 83.0 cm³/mol. The smallest absolute Gasteiger partial charge is 0.228 e. The van der Waals surface area contributed by atoms with Gasteiger partial charge in [0, 0.05) is 24.7 Å². The van der Waals surface area contributed by atoms with Crippen LogP contribution in [-0.2, 0) is 0 Å². The summed E-state index contributed by atoms with van der Waals surface area (Å²) >= 11 is 5.84. The van der Waals surface area contributed by atoms with E-state index in [1.807, 2.05) is 30.3 Å². The van der Waals surface area contributed by atoms with E-state index in [0.717, 1.165) is 5.69 Å². The Labute approximate surface area is 123 Å². The molecule has 0 fully saturated rings. The number of hydrogen-bond acceptors (Lipinski definition) is 2. The fraction of sp³-hybridized carbons (Fsp3) is 0.125. The molecule has 0 heterocycles. The first kappa shape index (κ1) is 14.3. The van der Waals surface area contributed by atoms with Crippen LogP contribution in [0.15, 0.2) is 59.6 Å². The Bertz CT molecular complexity index is 619. The SMILES string of the molecule is CN(C)C(=Nc1ccccc1)C(=O)c1ccc(Cl)cc1. The molecule has 3 nitrogen and oxygen atoms in total. The van der Waals surface area contributed by atoms with Crippen molar-refractivity contribution in [3.05, 3.63) is 65.2 Å². The van der Waals surface area contributed by atoms with Gasteiger partial charge in [0.25, 0.3) is 0 Å². The summed E-state index contributed by atoms with van der Waals surface area (Å²) in [6, 6.07) is 16.2. The Balaban J connectivity index is 2.36. The van der Waals surface area contributed by atoms with Gasteiger partial charge in [-0.1, -0.05) is 29.8 Å². The lowest BCUT2D eigenvalue weighted by molar-refractivity contribution is 0.105. The van der Waals surface area contributed by atoms with Crippen LogP contribution in [0.4, 0.5) is 5.69 Å². The van der Waals surface area contributed by atoms with E-state index in [4.69, 9.17) is 11.6 Å². The number of para-hydroxylation sites is 1. The molecule has 0 radical (unpaired) electrons. The number of ketones is 1. The molecule has 0 saturated carbocycles. The molecule has 2 aromatic rings. The maximum absolute atomic E-state index is 12.5. The van der Waals surface area contributed by atoms with E-state index in [9.17, 15) is 4.79 Å². The van der Waals surface area contributed by atoms with Crippen LogP contribution in [0, 0.1) is 0 Å². The zero-order valence-corrected chi connectivity index (χ0v) is 12.1. The lowest BCUT2D eigenvalue weighted by atomic mass is 10.1. The third-order valence-electron chi connectivity index (χ3n) is 2.72. The molecule has 0 N–H and O–H groups in total. The number of likely N-dealkylation sites (N-methyl/N-ethyl adjacent to an activating group) is 1. The molecule has 20 heavy (non-hydrogen) atoms. The number of aliphatic imine (C=N–C) groups is 1. The van der Waals surface area contributed by atoms with Crippen molar-refractivity contribution in [2.24, 2.45) is 4.99 Å². The van der Waals surface area contributed by atoms with E-state index in [2.05, 4.69) is 4.99 Å². The van der Waals surface area contributed by atoms with Gasteiger partial charge in [-0.25, -0.2) is 4.99 Å². The Kier molecular flexibility index (Phi) is 4.53. The number of carbonyl (C=O) groups is 1. The minimum absolute atomic E-state index is 0.129. The Hall–Kier alpha value is -2.13. The van der Waals surface area contributed by atoms with Crippen molar-refractivity contribution in [1.82, 2.24) is 4.90 Å². The van der Waals surface area contributed by atoms with Crippen LogP contribution in [0.1, 0.15) is 10.4 Å². The van der Waals surface area contributed by atoms with Crippen molar-refractivity contribution in [2.45, 2.75) is 0 Å². The van der Waals surface area contributed by atoms with Gasteiger partial charge in [-0.15, -0.1) is 0 Å². The van der Waals surface area contributed by atoms with Crippen molar-refractivity contribution in [3.8, 4) is 0 Å². The molecule has 0 aliphatic heterocycles. The summed E-state index contributed by atoms with van der Waals surface area (Å²) < 4.78 is 0. The van der Waals surface area contributed by atoms with Crippen LogP contribution >= 0.6 is 11.6 Å². The number of amidine groups is 1. The molecular weight excluding hydrogens is 272 g/mol. The maximum atomic E-state index is 12.5. The molecule has 0 atom stereocenters. The highest BCUT2D eigenvalue weighted by molar-refractivity contribution is 6.45. The highest BCUT2D eigenvalue weighted by Crippen LogP contribution is 2.14. The van der Waals surface area contributed by atoms with Crippen molar-refractivity contribution in [2.75, 3.05) is 14.1 Å². The highest BCUT2D eigenvalue weighted by atomic mass is 35.5. The van der Waals surface area contributed by atoms with Gasteiger partial charge < -0.3 is 4.90 Å². The number of nitrogens with zero attached hydrogens (tertiary/aromatic N) is 2. The van der Waals surface area contributed by atoms with Crippen molar-refractivity contribution in [3.63, 3.8) is 0 Å². The second kappa shape index (κ2) is 6.35. The van der Waals surface area contributed by atoms with Crippen molar-refractivity contribution in [1.29, 1.82) is 0 Å². The Morgan fingerprint density at radius 3 is 2.15 bits per heavy atom. The largest absolute Gasteiger partial charge is 0.359 e. The van der Waals surface area contributed by atoms with Crippen LogP contribution in [0.3, 0.4) is 0 Å². The number of benzene rings is 2. The number of rotatable bonds is 3. The fourth-order valence-electron chi connectivity index (χ4n) is 1.71. The minimum atomic E-state index is -0.129. The molecule has 0 unspecified atom stereocenters. The molecule has 4 heteroatoms. The molecular formula is C16H15ClN2O. The van der Waals surface area contributed by atoms with Gasteiger partial charge in [-0.2, -0.15) is 0 Å². The van der Waals surface area contributed by atoms with Gasteiger partial charge in [-0.05, 0) is 36.4 Å². The summed E-state index contributed by atoms with van der Waals surface area (Å²) in [5.74, 6) is 0.258. The van der Waals surface area contributed by atoms with E-state index < -0.39 is 0 Å². The third kappa shape index (κ3) is 3.45. The summed E-state index contributed by atoms with van der Waals surface area (Å²) in [4.78, 5) is 18.6. The average Bonchev–Trinajstić information content (AvgIpc) is 2.45. The van der Waals surface area contributed by atoms with E-state index >= 15 is 0 Å². The quantitative estimate of drug-likeness (QED) is 0.488. The fourth-order valence-corrected chi connectivity index (χ4v) is 1.84. The van der Waals surface area contributed by atoms with E-state index in [0.29, 0.717) is 16.4 Å². The zero-order valence-electron chi connectivity index (χ0n) is 11.4. The first-order chi connectivity index (χ1) is 9.58. The molecule has 0 bridgehead atoms. The average molecular weight is 287 g/mol. The third-order valence-corrected chi connectivity index (χ3v) is 2.98. The van der Waals surface area contributed by atoms with Crippen molar-refractivity contribution < 1.29 is 4.79 Å². The molecule has 102 valence electrons. The van der Waals surface area contributed by atoms with Gasteiger partial charge in [0.05, 0.1) is 5.69 Å². The maximum Gasteiger partial charge on any atom is 0.228 e. The molecule has 0 spiro atoms. The standard InChI is InChI=1S/C16H15ClN2O/c1-19(2)16(18-14-6-4-3-5-7-14)15(20)12-8-10-13(17)11-9-12/h3-11H,1-2H3. The molecule has 2 aromatic carbocycles. The molecule has 0 aliphatic carbocycles. The zero-order chi connectivity index (χ0) is 14.5. The van der Waals surface area contributed by atoms with Crippen LogP contribution in [0.5, 0.6) is 0 Å². The molecule has 0 aliphatic rings. The monoisotopic (exact) mass is 286 g/mol. The molecule has 0 aromatic heterocycles. The molecule has 0 amide bonds. The first-order valence-corrected chi connectivity index (χ1v) is 6.57. The number of halogens is 1. The second-order valence-corrected chi connectivity index (χ2v) is 4.94. The van der Waals surface area contributed by atoms with E-state index in [1.54, 1.807) is 43.3 Å². The Morgan fingerprint density at radius 2 is 1.60 bits per heavy atom. The molecule has 0 saturated heterocycles. The number of Topliss-reactive ketones (excluding diaryl/α,β-unsaturated/α-hetero) is 1. The minimum Gasteiger partial charge on any atom is -0.359 e. The summed E-state index contributed by atoms with van der Waals surface area (Å²) in [5.41, 5.74) is 1.32. The molecule has 2 rings (SSSR count). The van der Waals surface area contributed by atoms with Gasteiger partial charge in [0.1, 0.15) is 0 Å². The van der Waals surface area contributed by atoms with Crippen LogP contribution in [0.25, 0.3) is 0 Å². The Morgan fingerprint density at radius 1 is 1.00 bits per heavy atom. The van der Waals surface area contributed by atoms with Gasteiger partial charge in [-0.3, -0.25) is 4.79 Å². The summed E-state index contributed by atoms with van der Waals surface area (Å²) in [5, 5.41) is 0.605. The topological polar surface area (TPSA) is 32.7 Å². The lowest BCUT2D eigenvalue weighted by Crippen LogP contribution is -2.30. The van der Waals surface area contributed by atoms with Gasteiger partial charge in [0.15, 0.2) is 5.84 Å². The van der Waals surface area contributed by atoms with Crippen LogP contribution in [0.2, 0.25) is 5.02 Å². The van der Waals surface area contributed by atoms with E-state index in [1.165, 1.54) is 0 Å². The van der Waals surface area contributed by atoms with Gasteiger partial charge in [0.2, 0.25) is 5.78 Å². The summed E-state index contributed by atoms with van der Waals surface area (Å²) in [6.07, 6.45) is 0. The summed E-state index contributed by atoms with van der Waals surface area (Å²) in [6.45, 7) is 0. The second-order valence-electron chi connectivity index (χ2n) is 4.50. The lowest BCUT2D eigenvalue weighted by Gasteiger charge is -2.14. The van der Waals surface area contributed by atoms with Crippen molar-refractivity contribution >= 4 is 28.9 Å². The summed E-state index contributed by atoms with van der Waals surface area (Å²) in [7, 11) is 3.60. The van der Waals surface area contributed by atoms with Crippen LogP contribution < -0.4 is 0 Å². The van der Waals surface area contributed by atoms with Gasteiger partial charge >= 0.3 is 0 Å².